The molecule has 1 amide bonds. The number of alkyl halides is 1. The smallest absolute Gasteiger partial charge is 0.253 e. The molecular weight excluding hydrogens is 518 g/mol. The molecule has 39 heavy (non-hydrogen) atoms. The number of carbonyl (C=O) groups is 1. The van der Waals surface area contributed by atoms with E-state index < -0.39 is 59.2 Å². The molecule has 3 aromatic rings. The SMILES string of the molecule is COC(C)(C)[C@H](c1nc(-c2cc(F)ccc2F)nn1Cc1cccc(F)c1)N1C[C@@H]2C(NC[C@@H]2F)[C@H](O)C1=O. The number of nitrogens with one attached hydrogen (secondary N) is 1. The van der Waals surface area contributed by atoms with Gasteiger partial charge in [0.05, 0.1) is 17.7 Å². The third-order valence-corrected chi connectivity index (χ3v) is 7.59. The zero-order valence-corrected chi connectivity index (χ0v) is 21.6. The number of fused-ring (bicyclic) bond motifs is 1. The van der Waals surface area contributed by atoms with Crippen LogP contribution in [0.15, 0.2) is 42.5 Å². The highest BCUT2D eigenvalue weighted by atomic mass is 19.1. The van der Waals surface area contributed by atoms with Crippen molar-refractivity contribution in [3.05, 3.63) is 71.3 Å². The Kier molecular flexibility index (Phi) is 7.21. The maximum absolute atomic E-state index is 14.8. The Morgan fingerprint density at radius 2 is 1.92 bits per heavy atom. The van der Waals surface area contributed by atoms with E-state index in [1.165, 1.54) is 34.9 Å². The van der Waals surface area contributed by atoms with Crippen LogP contribution in [0.5, 0.6) is 0 Å². The van der Waals surface area contributed by atoms with Gasteiger partial charge in [0, 0.05) is 32.2 Å². The lowest BCUT2D eigenvalue weighted by molar-refractivity contribution is -0.161. The minimum atomic E-state index is -1.51. The normalized spacial score (nSPS) is 24.2. The highest BCUT2D eigenvalue weighted by molar-refractivity contribution is 5.83. The molecule has 0 radical (unpaired) electrons. The first-order valence-corrected chi connectivity index (χ1v) is 12.6. The van der Waals surface area contributed by atoms with Crippen molar-refractivity contribution in [1.82, 2.24) is 25.0 Å². The fraction of sp³-hybridized carbons (Fsp3) is 0.444. The number of halogens is 4. The van der Waals surface area contributed by atoms with Crippen molar-refractivity contribution in [2.24, 2.45) is 5.92 Å². The Hall–Kier alpha value is -3.35. The Balaban J connectivity index is 1.67. The zero-order chi connectivity index (χ0) is 28.1. The number of likely N-dealkylation sites (tertiary alicyclic amines) is 1. The summed E-state index contributed by atoms with van der Waals surface area (Å²) in [6.45, 7) is 3.30. The summed E-state index contributed by atoms with van der Waals surface area (Å²) in [6, 6.07) is 6.85. The number of carbonyl (C=O) groups excluding carboxylic acids is 1. The maximum Gasteiger partial charge on any atom is 0.253 e. The molecule has 5 rings (SSSR count). The largest absolute Gasteiger partial charge is 0.382 e. The molecule has 0 spiro atoms. The number of benzene rings is 2. The molecule has 2 aromatic carbocycles. The molecule has 8 nitrogen and oxygen atoms in total. The van der Waals surface area contributed by atoms with Crippen molar-refractivity contribution in [1.29, 1.82) is 0 Å². The van der Waals surface area contributed by atoms with Crippen LogP contribution in [0.1, 0.15) is 31.3 Å². The Bertz CT molecular complexity index is 1380. The predicted molar refractivity (Wildman–Crippen MR) is 133 cm³/mol. The van der Waals surface area contributed by atoms with E-state index >= 15 is 0 Å². The lowest BCUT2D eigenvalue weighted by Crippen LogP contribution is -2.62. The van der Waals surface area contributed by atoms with Gasteiger partial charge in [0.15, 0.2) is 11.6 Å². The van der Waals surface area contributed by atoms with E-state index in [0.29, 0.717) is 5.56 Å². The van der Waals surface area contributed by atoms with Crippen LogP contribution < -0.4 is 5.32 Å². The highest BCUT2D eigenvalue weighted by Crippen LogP contribution is 2.40. The third kappa shape index (κ3) is 5.04. The minimum Gasteiger partial charge on any atom is -0.382 e. The first-order valence-electron chi connectivity index (χ1n) is 12.6. The molecule has 208 valence electrons. The van der Waals surface area contributed by atoms with E-state index in [1.54, 1.807) is 19.9 Å². The molecule has 1 unspecified atom stereocenters. The number of ether oxygens (including phenoxy) is 1. The van der Waals surface area contributed by atoms with Gasteiger partial charge in [-0.1, -0.05) is 12.1 Å². The second-order valence-electron chi connectivity index (χ2n) is 10.5. The molecule has 2 saturated heterocycles. The molecule has 1 aromatic heterocycles. The summed E-state index contributed by atoms with van der Waals surface area (Å²) in [5.74, 6) is -3.35. The van der Waals surface area contributed by atoms with Crippen LogP contribution in [0.25, 0.3) is 11.4 Å². The van der Waals surface area contributed by atoms with E-state index in [0.717, 1.165) is 18.2 Å². The number of aliphatic hydroxyl groups excluding tert-OH is 1. The second-order valence-corrected chi connectivity index (χ2v) is 10.5. The van der Waals surface area contributed by atoms with Crippen LogP contribution >= 0.6 is 0 Å². The zero-order valence-electron chi connectivity index (χ0n) is 21.6. The number of rotatable bonds is 7. The molecule has 2 aliphatic heterocycles. The van der Waals surface area contributed by atoms with Gasteiger partial charge in [-0.2, -0.15) is 5.10 Å². The van der Waals surface area contributed by atoms with Gasteiger partial charge in [0.1, 0.15) is 35.8 Å². The second kappa shape index (κ2) is 10.3. The van der Waals surface area contributed by atoms with Gasteiger partial charge in [-0.15, -0.1) is 0 Å². The number of methoxy groups -OCH3 is 1. The Labute approximate surface area is 222 Å². The molecule has 3 heterocycles. The van der Waals surface area contributed by atoms with Gasteiger partial charge < -0.3 is 20.1 Å². The average molecular weight is 548 g/mol. The summed E-state index contributed by atoms with van der Waals surface area (Å²) in [5.41, 5.74) is -0.878. The minimum absolute atomic E-state index is 0.00456. The first-order chi connectivity index (χ1) is 18.5. The number of nitrogens with zero attached hydrogens (tertiary/aromatic N) is 4. The summed E-state index contributed by atoms with van der Waals surface area (Å²) in [4.78, 5) is 19.3. The summed E-state index contributed by atoms with van der Waals surface area (Å²) in [5, 5.41) is 18.1. The number of aromatic nitrogens is 3. The van der Waals surface area contributed by atoms with Crippen molar-refractivity contribution in [3.8, 4) is 11.4 Å². The Morgan fingerprint density at radius 3 is 2.64 bits per heavy atom. The summed E-state index contributed by atoms with van der Waals surface area (Å²) >= 11 is 0. The fourth-order valence-electron chi connectivity index (χ4n) is 5.42. The van der Waals surface area contributed by atoms with Crippen LogP contribution in [0.3, 0.4) is 0 Å². The van der Waals surface area contributed by atoms with Crippen LogP contribution in [0, 0.1) is 23.4 Å². The molecule has 0 saturated carbocycles. The van der Waals surface area contributed by atoms with Gasteiger partial charge in [-0.3, -0.25) is 4.79 Å². The van der Waals surface area contributed by atoms with Gasteiger partial charge >= 0.3 is 0 Å². The van der Waals surface area contributed by atoms with Gasteiger partial charge in [-0.25, -0.2) is 27.2 Å². The number of amides is 1. The van der Waals surface area contributed by atoms with Crippen molar-refractivity contribution < 1.29 is 32.2 Å². The lowest BCUT2D eigenvalue weighted by atomic mass is 9.85. The van der Waals surface area contributed by atoms with Crippen LogP contribution in [0.2, 0.25) is 0 Å². The number of aliphatic hydroxyl groups is 1. The lowest BCUT2D eigenvalue weighted by Gasteiger charge is -2.46. The number of hydrogen-bond donors (Lipinski definition) is 2. The van der Waals surface area contributed by atoms with Gasteiger partial charge in [-0.05, 0) is 49.7 Å². The van der Waals surface area contributed by atoms with E-state index in [1.807, 2.05) is 0 Å². The monoisotopic (exact) mass is 547 g/mol. The number of piperidine rings is 1. The van der Waals surface area contributed by atoms with Crippen LogP contribution in [-0.2, 0) is 16.1 Å². The van der Waals surface area contributed by atoms with E-state index in [9.17, 15) is 27.5 Å². The topological polar surface area (TPSA) is 92.5 Å². The van der Waals surface area contributed by atoms with Gasteiger partial charge in [0.2, 0.25) is 0 Å². The summed E-state index contributed by atoms with van der Waals surface area (Å²) in [6.07, 6.45) is -2.81. The van der Waals surface area contributed by atoms with E-state index in [4.69, 9.17) is 4.74 Å². The quantitative estimate of drug-likeness (QED) is 0.442. The van der Waals surface area contributed by atoms with E-state index in [-0.39, 0.29) is 36.8 Å². The summed E-state index contributed by atoms with van der Waals surface area (Å²) < 4.78 is 64.8. The molecule has 5 atom stereocenters. The molecule has 0 bridgehead atoms. The van der Waals surface area contributed by atoms with Crippen LogP contribution in [-0.4, -0.2) is 74.8 Å². The molecule has 2 aliphatic rings. The molecule has 12 heteroatoms. The average Bonchev–Trinajstić information content (AvgIpc) is 3.47. The highest BCUT2D eigenvalue weighted by Gasteiger charge is 2.53. The predicted octanol–water partition coefficient (Wildman–Crippen LogP) is 3.01. The molecule has 2 N–H and O–H groups in total. The standard InChI is InChI=1S/C27H29F4N5O3/c1-27(2,39-3)23(35-13-18-20(31)11-32-21(18)22(37)26(35)38)25-33-24(17-10-16(29)7-8-19(17)30)34-36(25)12-14-5-4-6-15(28)9-14/h4-10,18,20-23,32,37H,11-13H2,1-3H3/t18-,20-,21?,22-,23-/m0/s1. The number of hydrogen-bond acceptors (Lipinski definition) is 6. The van der Waals surface area contributed by atoms with Crippen molar-refractivity contribution in [3.63, 3.8) is 0 Å². The van der Waals surface area contributed by atoms with Crippen LogP contribution in [0.4, 0.5) is 17.6 Å². The molecule has 0 aliphatic carbocycles. The van der Waals surface area contributed by atoms with Gasteiger partial charge in [0.25, 0.3) is 5.91 Å². The van der Waals surface area contributed by atoms with Crippen molar-refractivity contribution in [2.45, 2.75) is 50.4 Å². The van der Waals surface area contributed by atoms with E-state index in [2.05, 4.69) is 15.4 Å². The van der Waals surface area contributed by atoms with Crippen molar-refractivity contribution >= 4 is 5.91 Å². The Morgan fingerprint density at radius 1 is 1.18 bits per heavy atom. The fourth-order valence-corrected chi connectivity index (χ4v) is 5.42. The molecule has 2 fully saturated rings. The third-order valence-electron chi connectivity index (χ3n) is 7.59. The first kappa shape index (κ1) is 27.2. The summed E-state index contributed by atoms with van der Waals surface area (Å²) in [7, 11) is 1.43. The maximum atomic E-state index is 14.8. The van der Waals surface area contributed by atoms with Crippen molar-refractivity contribution in [2.75, 3.05) is 20.2 Å². The molecular formula is C27H29F4N5O3.